The van der Waals surface area contributed by atoms with Crippen molar-refractivity contribution >= 4 is 22.9 Å². The number of aromatic nitrogens is 4. The fourth-order valence-electron chi connectivity index (χ4n) is 1.52. The Labute approximate surface area is 105 Å². The van der Waals surface area contributed by atoms with Crippen LogP contribution < -0.4 is 5.32 Å². The van der Waals surface area contributed by atoms with E-state index in [4.69, 9.17) is 0 Å². The second-order valence-electron chi connectivity index (χ2n) is 4.00. The van der Waals surface area contributed by atoms with Crippen LogP contribution in [0.5, 0.6) is 0 Å². The first-order valence-electron chi connectivity index (χ1n) is 5.78. The minimum atomic E-state index is 0.618. The highest BCUT2D eigenvalue weighted by Gasteiger charge is 2.08. The number of nitrogens with one attached hydrogen (secondary N) is 2. The largest absolute Gasteiger partial charge is 0.341 e. The summed E-state index contributed by atoms with van der Waals surface area (Å²) < 4.78 is 0. The minimum Gasteiger partial charge on any atom is -0.341 e. The highest BCUT2D eigenvalue weighted by atomic mass is 32.2. The first kappa shape index (κ1) is 12.3. The van der Waals surface area contributed by atoms with Crippen molar-refractivity contribution in [3.8, 4) is 0 Å². The predicted octanol–water partition coefficient (Wildman–Crippen LogP) is 1.69. The van der Waals surface area contributed by atoms with Crippen molar-refractivity contribution in [2.75, 3.05) is 18.8 Å². The molecule has 92 valence electrons. The van der Waals surface area contributed by atoms with Gasteiger partial charge in [-0.3, -0.25) is 0 Å². The molecule has 0 radical (unpaired) electrons. The smallest absolute Gasteiger partial charge is 0.181 e. The van der Waals surface area contributed by atoms with E-state index in [0.717, 1.165) is 35.0 Å². The zero-order valence-electron chi connectivity index (χ0n) is 10.1. The molecule has 0 saturated carbocycles. The van der Waals surface area contributed by atoms with E-state index in [0.29, 0.717) is 5.92 Å². The Hall–Kier alpha value is -1.14. The molecule has 2 aromatic rings. The van der Waals surface area contributed by atoms with Crippen molar-refractivity contribution in [3.63, 3.8) is 0 Å². The lowest BCUT2D eigenvalue weighted by atomic mass is 10.2. The summed E-state index contributed by atoms with van der Waals surface area (Å²) >= 11 is 1.75. The summed E-state index contributed by atoms with van der Waals surface area (Å²) in [5.74, 6) is 1.66. The lowest BCUT2D eigenvalue weighted by Crippen LogP contribution is -2.21. The van der Waals surface area contributed by atoms with Gasteiger partial charge in [-0.25, -0.2) is 15.0 Å². The van der Waals surface area contributed by atoms with Crippen LogP contribution in [0.15, 0.2) is 17.7 Å². The molecule has 5 nitrogen and oxygen atoms in total. The molecule has 1 atom stereocenters. The van der Waals surface area contributed by atoms with E-state index in [-0.39, 0.29) is 0 Å². The van der Waals surface area contributed by atoms with Crippen molar-refractivity contribution in [3.05, 3.63) is 12.7 Å². The SMILES string of the molecule is CCNCC(C)CSc1ncnc2nc[nH]c12. The maximum Gasteiger partial charge on any atom is 0.181 e. The molecule has 0 aromatic carbocycles. The molecule has 0 aliphatic rings. The average molecular weight is 251 g/mol. The van der Waals surface area contributed by atoms with Gasteiger partial charge in [-0.1, -0.05) is 13.8 Å². The van der Waals surface area contributed by atoms with Crippen molar-refractivity contribution < 1.29 is 0 Å². The van der Waals surface area contributed by atoms with E-state index in [1.54, 1.807) is 24.4 Å². The Bertz CT molecular complexity index is 470. The van der Waals surface area contributed by atoms with Gasteiger partial charge >= 0.3 is 0 Å². The van der Waals surface area contributed by atoms with Crippen LogP contribution in [-0.2, 0) is 0 Å². The van der Waals surface area contributed by atoms with Crippen molar-refractivity contribution in [2.45, 2.75) is 18.9 Å². The van der Waals surface area contributed by atoms with E-state index < -0.39 is 0 Å². The van der Waals surface area contributed by atoms with Crippen LogP contribution in [0, 0.1) is 5.92 Å². The molecule has 0 saturated heterocycles. The van der Waals surface area contributed by atoms with Gasteiger partial charge in [0.15, 0.2) is 5.65 Å². The van der Waals surface area contributed by atoms with Crippen LogP contribution in [0.4, 0.5) is 0 Å². The quantitative estimate of drug-likeness (QED) is 0.604. The molecule has 2 N–H and O–H groups in total. The van der Waals surface area contributed by atoms with Gasteiger partial charge in [-0.15, -0.1) is 11.8 Å². The van der Waals surface area contributed by atoms with Gasteiger partial charge in [-0.2, -0.15) is 0 Å². The molecule has 17 heavy (non-hydrogen) atoms. The summed E-state index contributed by atoms with van der Waals surface area (Å²) in [6.07, 6.45) is 3.23. The van der Waals surface area contributed by atoms with Crippen molar-refractivity contribution in [1.29, 1.82) is 0 Å². The summed E-state index contributed by atoms with van der Waals surface area (Å²) in [4.78, 5) is 15.6. The Balaban J connectivity index is 1.96. The Kier molecular flexibility index (Phi) is 4.33. The maximum absolute atomic E-state index is 4.29. The Morgan fingerprint density at radius 1 is 1.41 bits per heavy atom. The van der Waals surface area contributed by atoms with Crippen LogP contribution in [0.2, 0.25) is 0 Å². The number of nitrogens with zero attached hydrogens (tertiary/aromatic N) is 3. The number of hydrogen-bond donors (Lipinski definition) is 2. The summed E-state index contributed by atoms with van der Waals surface area (Å²) in [5, 5.41) is 4.33. The van der Waals surface area contributed by atoms with Gasteiger partial charge in [0, 0.05) is 5.75 Å². The summed E-state index contributed by atoms with van der Waals surface area (Å²) in [7, 11) is 0. The van der Waals surface area contributed by atoms with Crippen molar-refractivity contribution in [2.24, 2.45) is 5.92 Å². The summed E-state index contributed by atoms with van der Waals surface area (Å²) in [6, 6.07) is 0. The lowest BCUT2D eigenvalue weighted by Gasteiger charge is -2.10. The number of rotatable bonds is 6. The molecular weight excluding hydrogens is 234 g/mol. The molecular formula is C11H17N5S. The molecule has 0 spiro atoms. The number of H-pyrrole nitrogens is 1. The summed E-state index contributed by atoms with van der Waals surface area (Å²) in [5.41, 5.74) is 1.68. The van der Waals surface area contributed by atoms with Crippen LogP contribution in [-0.4, -0.2) is 38.8 Å². The number of fused-ring (bicyclic) bond motifs is 1. The third-order valence-corrected chi connectivity index (χ3v) is 3.75. The first-order valence-corrected chi connectivity index (χ1v) is 6.77. The molecule has 6 heteroatoms. The normalized spacial score (nSPS) is 13.1. The van der Waals surface area contributed by atoms with Crippen LogP contribution in [0.1, 0.15) is 13.8 Å². The molecule has 0 amide bonds. The average Bonchev–Trinajstić information content (AvgIpc) is 2.82. The Morgan fingerprint density at radius 2 is 2.29 bits per heavy atom. The molecule has 0 aliphatic heterocycles. The van der Waals surface area contributed by atoms with Gasteiger partial charge < -0.3 is 10.3 Å². The topological polar surface area (TPSA) is 66.5 Å². The van der Waals surface area contributed by atoms with Crippen molar-refractivity contribution in [1.82, 2.24) is 25.3 Å². The first-order chi connectivity index (χ1) is 8.31. The fourth-order valence-corrected chi connectivity index (χ4v) is 2.50. The van der Waals surface area contributed by atoms with Crippen LogP contribution in [0.25, 0.3) is 11.2 Å². The highest BCUT2D eigenvalue weighted by molar-refractivity contribution is 7.99. The standard InChI is InChI=1S/C11H17N5S/c1-3-12-4-8(2)5-17-11-9-10(14-6-13-9)15-7-16-11/h6-8,12H,3-5H2,1-2H3,(H,13,14,15,16). The van der Waals surface area contributed by atoms with E-state index in [1.165, 1.54) is 0 Å². The molecule has 0 bridgehead atoms. The number of thioether (sulfide) groups is 1. The highest BCUT2D eigenvalue weighted by Crippen LogP contribution is 2.23. The number of hydrogen-bond acceptors (Lipinski definition) is 5. The molecule has 2 rings (SSSR count). The molecule has 2 aromatic heterocycles. The Morgan fingerprint density at radius 3 is 3.12 bits per heavy atom. The minimum absolute atomic E-state index is 0.618. The lowest BCUT2D eigenvalue weighted by molar-refractivity contribution is 0.573. The van der Waals surface area contributed by atoms with E-state index in [1.807, 2.05) is 0 Å². The van der Waals surface area contributed by atoms with E-state index in [2.05, 4.69) is 39.1 Å². The van der Waals surface area contributed by atoms with Gasteiger partial charge in [-0.05, 0) is 19.0 Å². The van der Waals surface area contributed by atoms with Gasteiger partial charge in [0.25, 0.3) is 0 Å². The third kappa shape index (κ3) is 3.17. The zero-order valence-corrected chi connectivity index (χ0v) is 10.9. The second-order valence-corrected chi connectivity index (χ2v) is 5.01. The number of imidazole rings is 1. The van der Waals surface area contributed by atoms with Crippen LogP contribution >= 0.6 is 11.8 Å². The molecule has 0 fully saturated rings. The maximum atomic E-state index is 4.29. The van der Waals surface area contributed by atoms with Gasteiger partial charge in [0.2, 0.25) is 0 Å². The monoisotopic (exact) mass is 251 g/mol. The zero-order chi connectivity index (χ0) is 12.1. The number of aromatic amines is 1. The molecule has 2 heterocycles. The van der Waals surface area contributed by atoms with E-state index in [9.17, 15) is 0 Å². The fraction of sp³-hybridized carbons (Fsp3) is 0.545. The molecule has 0 aliphatic carbocycles. The van der Waals surface area contributed by atoms with Crippen LogP contribution in [0.3, 0.4) is 0 Å². The summed E-state index contributed by atoms with van der Waals surface area (Å²) in [6.45, 7) is 6.42. The molecule has 1 unspecified atom stereocenters. The predicted molar refractivity (Wildman–Crippen MR) is 70.1 cm³/mol. The van der Waals surface area contributed by atoms with E-state index >= 15 is 0 Å². The van der Waals surface area contributed by atoms with Gasteiger partial charge in [0.1, 0.15) is 16.9 Å². The third-order valence-electron chi connectivity index (χ3n) is 2.44. The second kappa shape index (κ2) is 5.97. The van der Waals surface area contributed by atoms with Gasteiger partial charge in [0.05, 0.1) is 6.33 Å².